The molecule has 2 aromatic heterocycles. The molecule has 0 saturated heterocycles. The Labute approximate surface area is 162 Å². The number of aromatic nitrogens is 3. The van der Waals surface area contributed by atoms with Gasteiger partial charge in [0.05, 0.1) is 22.3 Å². The maximum absolute atomic E-state index is 12.6. The van der Waals surface area contributed by atoms with Gasteiger partial charge in [0.25, 0.3) is 5.56 Å². The highest BCUT2D eigenvalue weighted by Crippen LogP contribution is 2.40. The summed E-state index contributed by atoms with van der Waals surface area (Å²) in [6.45, 7) is 0. The lowest BCUT2D eigenvalue weighted by Gasteiger charge is -2.14. The molecule has 5 nitrogen and oxygen atoms in total. The zero-order valence-corrected chi connectivity index (χ0v) is 15.3. The highest BCUT2D eigenvalue weighted by atomic mass is 35.5. The zero-order valence-electron chi connectivity index (χ0n) is 13.8. The summed E-state index contributed by atoms with van der Waals surface area (Å²) in [7, 11) is 0. The van der Waals surface area contributed by atoms with E-state index < -0.39 is 0 Å². The summed E-state index contributed by atoms with van der Waals surface area (Å²) in [5.74, 6) is 0. The van der Waals surface area contributed by atoms with Gasteiger partial charge in [0.15, 0.2) is 0 Å². The maximum atomic E-state index is 12.6. The molecule has 0 atom stereocenters. The maximum Gasteiger partial charge on any atom is 0.272 e. The van der Waals surface area contributed by atoms with Crippen LogP contribution in [0.2, 0.25) is 10.0 Å². The average Bonchev–Trinajstić information content (AvgIpc) is 3.16. The Bertz CT molecular complexity index is 1440. The van der Waals surface area contributed by atoms with Crippen LogP contribution in [0.4, 0.5) is 5.69 Å². The van der Waals surface area contributed by atoms with Crippen molar-refractivity contribution in [3.63, 3.8) is 0 Å². The summed E-state index contributed by atoms with van der Waals surface area (Å²) in [5, 5.41) is 11.4. The summed E-state index contributed by atoms with van der Waals surface area (Å²) in [6, 6.07) is 13.1. The van der Waals surface area contributed by atoms with Gasteiger partial charge in [-0.3, -0.25) is 9.89 Å². The molecular weight excluding hydrogens is 383 g/mol. The van der Waals surface area contributed by atoms with Crippen LogP contribution in [-0.4, -0.2) is 15.2 Å². The monoisotopic (exact) mass is 394 g/mol. The summed E-state index contributed by atoms with van der Waals surface area (Å²) < 4.78 is 0. The van der Waals surface area contributed by atoms with Crippen molar-refractivity contribution >= 4 is 61.5 Å². The van der Waals surface area contributed by atoms with E-state index in [-0.39, 0.29) is 11.2 Å². The van der Waals surface area contributed by atoms with E-state index in [1.165, 1.54) is 0 Å². The largest absolute Gasteiger partial charge is 0.394 e. The third-order valence-electron chi connectivity index (χ3n) is 4.85. The second-order valence-corrected chi connectivity index (χ2v) is 7.14. The third kappa shape index (κ3) is 2.25. The van der Waals surface area contributed by atoms with Gasteiger partial charge in [-0.15, -0.1) is 0 Å². The van der Waals surface area contributed by atoms with Crippen LogP contribution in [0.15, 0.2) is 53.5 Å². The number of rotatable bonds is 1. The standard InChI is InChI=1S/C20H12Cl2N4O/c21-14-6-5-10(13-8-24-26-19(13)14)16-12-7-15(22)9-3-1-2-4-11(9)18(12)25-20(27)17(16)23/h1-8H,23H2,(H,24,26)(H,25,27). The quantitative estimate of drug-likeness (QED) is 0.345. The van der Waals surface area contributed by atoms with E-state index in [1.807, 2.05) is 36.4 Å². The van der Waals surface area contributed by atoms with Crippen molar-refractivity contribution in [3.05, 3.63) is 69.1 Å². The summed E-state index contributed by atoms with van der Waals surface area (Å²) in [6.07, 6.45) is 1.67. The number of fused-ring (bicyclic) bond motifs is 4. The molecule has 4 N–H and O–H groups in total. The van der Waals surface area contributed by atoms with Crippen molar-refractivity contribution in [1.82, 2.24) is 15.2 Å². The molecule has 7 heteroatoms. The van der Waals surface area contributed by atoms with E-state index in [1.54, 1.807) is 12.3 Å². The van der Waals surface area contributed by atoms with Crippen molar-refractivity contribution in [2.24, 2.45) is 0 Å². The van der Waals surface area contributed by atoms with Crippen molar-refractivity contribution in [3.8, 4) is 11.1 Å². The van der Waals surface area contributed by atoms with E-state index in [9.17, 15) is 4.79 Å². The minimum absolute atomic E-state index is 0.124. The first-order valence-electron chi connectivity index (χ1n) is 8.21. The number of nitrogen functional groups attached to an aromatic ring is 1. The molecule has 0 fully saturated rings. The van der Waals surface area contributed by atoms with Crippen LogP contribution in [-0.2, 0) is 0 Å². The third-order valence-corrected chi connectivity index (χ3v) is 5.48. The van der Waals surface area contributed by atoms with Crippen LogP contribution in [0.5, 0.6) is 0 Å². The number of H-pyrrole nitrogens is 2. The molecule has 2 heterocycles. The van der Waals surface area contributed by atoms with Gasteiger partial charge < -0.3 is 10.7 Å². The second kappa shape index (κ2) is 5.74. The Hall–Kier alpha value is -3.02. The molecule has 0 aliphatic heterocycles. The predicted molar refractivity (Wildman–Crippen MR) is 112 cm³/mol. The molecule has 0 radical (unpaired) electrons. The van der Waals surface area contributed by atoms with Gasteiger partial charge in [-0.05, 0) is 17.7 Å². The molecular formula is C20H12Cl2N4O. The van der Waals surface area contributed by atoms with E-state index in [2.05, 4.69) is 15.2 Å². The minimum atomic E-state index is -0.350. The molecule has 0 aliphatic carbocycles. The predicted octanol–water partition coefficient (Wildman–Crippen LogP) is 5.11. The summed E-state index contributed by atoms with van der Waals surface area (Å²) in [4.78, 5) is 15.5. The molecule has 5 rings (SSSR count). The molecule has 0 unspecified atom stereocenters. The number of nitrogens with zero attached hydrogens (tertiary/aromatic N) is 1. The molecule has 0 saturated carbocycles. The Balaban J connectivity index is 2.03. The molecule has 0 amide bonds. The first kappa shape index (κ1) is 16.2. The lowest BCUT2D eigenvalue weighted by atomic mass is 9.95. The lowest BCUT2D eigenvalue weighted by Crippen LogP contribution is -2.13. The summed E-state index contributed by atoms with van der Waals surface area (Å²) >= 11 is 12.8. The highest BCUT2D eigenvalue weighted by Gasteiger charge is 2.18. The van der Waals surface area contributed by atoms with Gasteiger partial charge in [-0.25, -0.2) is 0 Å². The van der Waals surface area contributed by atoms with Crippen molar-refractivity contribution in [2.45, 2.75) is 0 Å². The SMILES string of the molecule is Nc1c(-c2ccc(Cl)c3[nH]ncc23)c2cc(Cl)c3ccccc3c2[nH]c1=O. The number of aromatic amines is 2. The molecule has 0 spiro atoms. The minimum Gasteiger partial charge on any atom is -0.394 e. The van der Waals surface area contributed by atoms with Crippen LogP contribution in [0, 0.1) is 0 Å². The second-order valence-electron chi connectivity index (χ2n) is 6.32. The Morgan fingerprint density at radius 3 is 2.48 bits per heavy atom. The van der Waals surface area contributed by atoms with Crippen LogP contribution < -0.4 is 11.3 Å². The van der Waals surface area contributed by atoms with E-state index in [0.29, 0.717) is 26.6 Å². The number of nitrogens with one attached hydrogen (secondary N) is 2. The van der Waals surface area contributed by atoms with Crippen LogP contribution >= 0.6 is 23.2 Å². The fourth-order valence-corrected chi connectivity index (χ4v) is 4.09. The van der Waals surface area contributed by atoms with Crippen LogP contribution in [0.1, 0.15) is 0 Å². The molecule has 0 aliphatic rings. The van der Waals surface area contributed by atoms with Crippen LogP contribution in [0.25, 0.3) is 43.7 Å². The smallest absolute Gasteiger partial charge is 0.272 e. The van der Waals surface area contributed by atoms with E-state index >= 15 is 0 Å². The normalized spacial score (nSPS) is 11.6. The number of hydrogen-bond acceptors (Lipinski definition) is 3. The molecule has 0 bridgehead atoms. The first-order chi connectivity index (χ1) is 13.1. The first-order valence-corrected chi connectivity index (χ1v) is 8.96. The Morgan fingerprint density at radius 1 is 0.889 bits per heavy atom. The number of hydrogen-bond donors (Lipinski definition) is 3. The lowest BCUT2D eigenvalue weighted by molar-refractivity contribution is 1.12. The molecule has 3 aromatic carbocycles. The number of halogens is 2. The molecule has 27 heavy (non-hydrogen) atoms. The number of anilines is 1. The van der Waals surface area contributed by atoms with E-state index in [4.69, 9.17) is 28.9 Å². The van der Waals surface area contributed by atoms with Gasteiger partial charge in [-0.1, -0.05) is 53.5 Å². The van der Waals surface area contributed by atoms with Crippen LogP contribution in [0.3, 0.4) is 0 Å². The summed E-state index contributed by atoms with van der Waals surface area (Å²) in [5.41, 5.74) is 8.76. The topological polar surface area (TPSA) is 87.6 Å². The van der Waals surface area contributed by atoms with Crippen molar-refractivity contribution < 1.29 is 0 Å². The van der Waals surface area contributed by atoms with Crippen molar-refractivity contribution in [2.75, 3.05) is 5.73 Å². The average molecular weight is 395 g/mol. The van der Waals surface area contributed by atoms with Crippen molar-refractivity contribution in [1.29, 1.82) is 0 Å². The van der Waals surface area contributed by atoms with Gasteiger partial charge in [0.1, 0.15) is 5.69 Å². The Kier molecular flexibility index (Phi) is 3.44. The molecule has 132 valence electrons. The number of nitrogens with two attached hydrogens (primary N) is 1. The van der Waals surface area contributed by atoms with Gasteiger partial charge >= 0.3 is 0 Å². The van der Waals surface area contributed by atoms with E-state index in [0.717, 1.165) is 27.1 Å². The number of benzene rings is 3. The van der Waals surface area contributed by atoms with Gasteiger partial charge in [0.2, 0.25) is 0 Å². The molecule has 5 aromatic rings. The van der Waals surface area contributed by atoms with Gasteiger partial charge in [0, 0.05) is 32.1 Å². The highest BCUT2D eigenvalue weighted by molar-refractivity contribution is 6.38. The van der Waals surface area contributed by atoms with Gasteiger partial charge in [-0.2, -0.15) is 5.10 Å². The fraction of sp³-hybridized carbons (Fsp3) is 0. The Morgan fingerprint density at radius 2 is 1.67 bits per heavy atom. The number of pyridine rings is 1. The zero-order chi connectivity index (χ0) is 18.7. The fourth-order valence-electron chi connectivity index (χ4n) is 3.61.